The molecule has 0 saturated heterocycles. The minimum atomic E-state index is 0.475. The summed E-state index contributed by atoms with van der Waals surface area (Å²) in [7, 11) is 0. The molecule has 0 fully saturated rings. The molecule has 0 bridgehead atoms. The van der Waals surface area contributed by atoms with Gasteiger partial charge in [-0.15, -0.1) is 0 Å². The average Bonchev–Trinajstić information content (AvgIpc) is 2.75. The highest BCUT2D eigenvalue weighted by Gasteiger charge is 2.07. The van der Waals surface area contributed by atoms with Crippen LogP contribution in [0, 0.1) is 6.92 Å². The van der Waals surface area contributed by atoms with Crippen LogP contribution in [-0.4, -0.2) is 16.0 Å². The van der Waals surface area contributed by atoms with Crippen molar-refractivity contribution in [1.29, 1.82) is 0 Å². The normalized spacial score (nSPS) is 11.2. The zero-order valence-corrected chi connectivity index (χ0v) is 12.5. The van der Waals surface area contributed by atoms with Gasteiger partial charge in [0.25, 0.3) is 0 Å². The lowest BCUT2D eigenvalue weighted by Crippen LogP contribution is -2.21. The van der Waals surface area contributed by atoms with Crippen LogP contribution in [0.15, 0.2) is 28.9 Å². The van der Waals surface area contributed by atoms with Gasteiger partial charge >= 0.3 is 0 Å². The number of hydrogen-bond acceptors (Lipinski definition) is 2. The molecule has 0 saturated carbocycles. The van der Waals surface area contributed by atoms with Crippen molar-refractivity contribution in [1.82, 2.24) is 15.3 Å². The molecule has 0 aliphatic carbocycles. The van der Waals surface area contributed by atoms with Crippen molar-refractivity contribution in [2.75, 3.05) is 0 Å². The third kappa shape index (κ3) is 3.21. The molecule has 1 aromatic heterocycles. The summed E-state index contributed by atoms with van der Waals surface area (Å²) in [6.07, 6.45) is 1.89. The van der Waals surface area contributed by atoms with Crippen LogP contribution in [-0.2, 0) is 6.54 Å². The van der Waals surface area contributed by atoms with Crippen LogP contribution >= 0.6 is 15.9 Å². The topological polar surface area (TPSA) is 40.7 Å². The molecule has 0 unspecified atom stereocenters. The molecule has 1 heterocycles. The fraction of sp³-hybridized carbons (Fsp3) is 0.357. The molecule has 0 amide bonds. The van der Waals surface area contributed by atoms with Crippen LogP contribution in [0.1, 0.15) is 25.1 Å². The highest BCUT2D eigenvalue weighted by molar-refractivity contribution is 9.10. The standard InChI is InChI=1S/C14H18BrN3/c1-9(2)16-7-11-8-17-14(18-11)12-5-4-10(3)6-13(12)15/h4-6,8-9,16H,7H2,1-3H3,(H,17,18). The van der Waals surface area contributed by atoms with Gasteiger partial charge in [0.1, 0.15) is 5.82 Å². The first kappa shape index (κ1) is 13.3. The van der Waals surface area contributed by atoms with E-state index in [1.807, 2.05) is 6.20 Å². The molecule has 2 rings (SSSR count). The quantitative estimate of drug-likeness (QED) is 0.905. The van der Waals surface area contributed by atoms with E-state index in [-0.39, 0.29) is 0 Å². The van der Waals surface area contributed by atoms with Crippen molar-refractivity contribution in [3.05, 3.63) is 40.1 Å². The maximum Gasteiger partial charge on any atom is 0.138 e. The van der Waals surface area contributed by atoms with Crippen LogP contribution in [0.4, 0.5) is 0 Å². The molecule has 18 heavy (non-hydrogen) atoms. The maximum atomic E-state index is 4.43. The Morgan fingerprint density at radius 1 is 1.39 bits per heavy atom. The van der Waals surface area contributed by atoms with Gasteiger partial charge in [0.05, 0.1) is 0 Å². The molecular weight excluding hydrogens is 290 g/mol. The SMILES string of the molecule is Cc1ccc(-c2ncc(CNC(C)C)[nH]2)c(Br)c1. The molecule has 3 nitrogen and oxygen atoms in total. The Labute approximate surface area is 116 Å². The highest BCUT2D eigenvalue weighted by atomic mass is 79.9. The van der Waals surface area contributed by atoms with Gasteiger partial charge in [-0.3, -0.25) is 0 Å². The number of halogens is 1. The van der Waals surface area contributed by atoms with Gasteiger partial charge in [-0.05, 0) is 24.6 Å². The first-order chi connectivity index (χ1) is 8.56. The van der Waals surface area contributed by atoms with Crippen LogP contribution in [0.25, 0.3) is 11.4 Å². The fourth-order valence-electron chi connectivity index (χ4n) is 1.71. The van der Waals surface area contributed by atoms with E-state index in [1.165, 1.54) is 5.56 Å². The zero-order chi connectivity index (χ0) is 13.1. The summed E-state index contributed by atoms with van der Waals surface area (Å²) in [6, 6.07) is 6.75. The van der Waals surface area contributed by atoms with Gasteiger partial charge in [-0.25, -0.2) is 4.98 Å². The van der Waals surface area contributed by atoms with Crippen LogP contribution in [0.2, 0.25) is 0 Å². The van der Waals surface area contributed by atoms with Gasteiger partial charge in [-0.1, -0.05) is 35.8 Å². The molecule has 1 aromatic carbocycles. The number of aromatic amines is 1. The third-order valence-corrected chi connectivity index (χ3v) is 3.37. The van der Waals surface area contributed by atoms with E-state index >= 15 is 0 Å². The van der Waals surface area contributed by atoms with Crippen molar-refractivity contribution in [2.24, 2.45) is 0 Å². The average molecular weight is 308 g/mol. The molecule has 0 radical (unpaired) electrons. The van der Waals surface area contributed by atoms with Crippen LogP contribution in [0.5, 0.6) is 0 Å². The fourth-order valence-corrected chi connectivity index (χ4v) is 2.39. The number of hydrogen-bond donors (Lipinski definition) is 2. The number of H-pyrrole nitrogens is 1. The van der Waals surface area contributed by atoms with E-state index < -0.39 is 0 Å². The lowest BCUT2D eigenvalue weighted by Gasteiger charge is -2.05. The van der Waals surface area contributed by atoms with Crippen molar-refractivity contribution < 1.29 is 0 Å². The van der Waals surface area contributed by atoms with E-state index in [1.54, 1.807) is 0 Å². The minimum absolute atomic E-state index is 0.475. The third-order valence-electron chi connectivity index (χ3n) is 2.71. The molecule has 0 atom stereocenters. The smallest absolute Gasteiger partial charge is 0.138 e. The van der Waals surface area contributed by atoms with Gasteiger partial charge in [0.2, 0.25) is 0 Å². The first-order valence-electron chi connectivity index (χ1n) is 6.10. The predicted molar refractivity (Wildman–Crippen MR) is 78.4 cm³/mol. The molecular formula is C14H18BrN3. The number of aryl methyl sites for hydroxylation is 1. The Bertz CT molecular complexity index is 532. The molecule has 96 valence electrons. The molecule has 0 aliphatic heterocycles. The zero-order valence-electron chi connectivity index (χ0n) is 10.9. The summed E-state index contributed by atoms with van der Waals surface area (Å²) in [6.45, 7) is 7.16. The van der Waals surface area contributed by atoms with Gasteiger partial charge in [0, 0.05) is 34.5 Å². The summed E-state index contributed by atoms with van der Waals surface area (Å²) in [5.41, 5.74) is 3.43. The maximum absolute atomic E-state index is 4.43. The molecule has 0 aliphatic rings. The largest absolute Gasteiger partial charge is 0.341 e. The van der Waals surface area contributed by atoms with E-state index in [0.717, 1.165) is 28.1 Å². The number of nitrogens with zero attached hydrogens (tertiary/aromatic N) is 1. The lowest BCUT2D eigenvalue weighted by molar-refractivity contribution is 0.583. The van der Waals surface area contributed by atoms with Crippen LogP contribution in [0.3, 0.4) is 0 Å². The number of nitrogens with one attached hydrogen (secondary N) is 2. The summed E-state index contributed by atoms with van der Waals surface area (Å²) in [5.74, 6) is 0.905. The summed E-state index contributed by atoms with van der Waals surface area (Å²) >= 11 is 3.58. The summed E-state index contributed by atoms with van der Waals surface area (Å²) in [4.78, 5) is 7.77. The Morgan fingerprint density at radius 3 is 2.83 bits per heavy atom. The summed E-state index contributed by atoms with van der Waals surface area (Å²) in [5, 5.41) is 3.37. The number of benzene rings is 1. The highest BCUT2D eigenvalue weighted by Crippen LogP contribution is 2.26. The second-order valence-electron chi connectivity index (χ2n) is 4.78. The van der Waals surface area contributed by atoms with E-state index in [4.69, 9.17) is 0 Å². The molecule has 2 N–H and O–H groups in total. The van der Waals surface area contributed by atoms with Crippen molar-refractivity contribution in [3.63, 3.8) is 0 Å². The van der Waals surface area contributed by atoms with Crippen molar-refractivity contribution in [2.45, 2.75) is 33.4 Å². The first-order valence-corrected chi connectivity index (χ1v) is 6.89. The van der Waals surface area contributed by atoms with Crippen molar-refractivity contribution >= 4 is 15.9 Å². The van der Waals surface area contributed by atoms with E-state index in [2.05, 4.69) is 70.2 Å². The van der Waals surface area contributed by atoms with Gasteiger partial charge < -0.3 is 10.3 Å². The van der Waals surface area contributed by atoms with E-state index in [0.29, 0.717) is 6.04 Å². The van der Waals surface area contributed by atoms with Gasteiger partial charge in [-0.2, -0.15) is 0 Å². The second kappa shape index (κ2) is 5.67. The molecule has 0 spiro atoms. The lowest BCUT2D eigenvalue weighted by atomic mass is 10.1. The van der Waals surface area contributed by atoms with E-state index in [9.17, 15) is 0 Å². The van der Waals surface area contributed by atoms with Crippen LogP contribution < -0.4 is 5.32 Å². The second-order valence-corrected chi connectivity index (χ2v) is 5.63. The number of imidazole rings is 1. The predicted octanol–water partition coefficient (Wildman–Crippen LogP) is 3.65. The molecule has 2 aromatic rings. The number of rotatable bonds is 4. The molecule has 4 heteroatoms. The monoisotopic (exact) mass is 307 g/mol. The summed E-state index contributed by atoms with van der Waals surface area (Å²) < 4.78 is 1.07. The Morgan fingerprint density at radius 2 is 2.17 bits per heavy atom. The van der Waals surface area contributed by atoms with Gasteiger partial charge in [0.15, 0.2) is 0 Å². The van der Waals surface area contributed by atoms with Crippen molar-refractivity contribution in [3.8, 4) is 11.4 Å². The Kier molecular flexibility index (Phi) is 4.19. The minimum Gasteiger partial charge on any atom is -0.341 e. The Balaban J connectivity index is 2.18. The number of aromatic nitrogens is 2. The Hall–Kier alpha value is -1.13.